The van der Waals surface area contributed by atoms with Crippen molar-refractivity contribution in [2.75, 3.05) is 27.2 Å². The predicted octanol–water partition coefficient (Wildman–Crippen LogP) is 3.30. The average molecular weight is 315 g/mol. The van der Waals surface area contributed by atoms with E-state index >= 15 is 0 Å². The molecule has 1 aromatic heterocycles. The molecular weight excluding hydrogens is 286 g/mol. The summed E-state index contributed by atoms with van der Waals surface area (Å²) in [6.07, 6.45) is 10.3. The highest BCUT2D eigenvalue weighted by atomic mass is 16.2. The van der Waals surface area contributed by atoms with Gasteiger partial charge in [-0.25, -0.2) is 0 Å². The number of aromatic nitrogens is 1. The van der Waals surface area contributed by atoms with Crippen LogP contribution in [-0.2, 0) is 0 Å². The van der Waals surface area contributed by atoms with Crippen LogP contribution in [0.4, 0.5) is 0 Å². The molecule has 1 aromatic rings. The molecule has 2 fully saturated rings. The van der Waals surface area contributed by atoms with Gasteiger partial charge < -0.3 is 9.80 Å². The van der Waals surface area contributed by atoms with Gasteiger partial charge in [0.25, 0.3) is 5.91 Å². The summed E-state index contributed by atoms with van der Waals surface area (Å²) in [5.41, 5.74) is 1.88. The van der Waals surface area contributed by atoms with Crippen LogP contribution >= 0.6 is 0 Å². The van der Waals surface area contributed by atoms with E-state index in [-0.39, 0.29) is 5.91 Å². The van der Waals surface area contributed by atoms with Crippen molar-refractivity contribution >= 4 is 5.91 Å². The second-order valence-electron chi connectivity index (χ2n) is 7.28. The second kappa shape index (κ2) is 7.43. The van der Waals surface area contributed by atoms with Gasteiger partial charge >= 0.3 is 0 Å². The summed E-state index contributed by atoms with van der Waals surface area (Å²) >= 11 is 0. The number of piperidine rings is 1. The van der Waals surface area contributed by atoms with Gasteiger partial charge in [0.1, 0.15) is 5.69 Å². The van der Waals surface area contributed by atoms with E-state index in [0.717, 1.165) is 19.4 Å². The van der Waals surface area contributed by atoms with Gasteiger partial charge in [-0.15, -0.1) is 0 Å². The highest BCUT2D eigenvalue weighted by Gasteiger charge is 2.25. The summed E-state index contributed by atoms with van der Waals surface area (Å²) in [4.78, 5) is 21.5. The minimum Gasteiger partial charge on any atom is -0.337 e. The Balaban J connectivity index is 1.72. The average Bonchev–Trinajstić information content (AvgIpc) is 2.61. The Morgan fingerprint density at radius 3 is 2.74 bits per heavy atom. The highest BCUT2D eigenvalue weighted by Crippen LogP contribution is 2.27. The van der Waals surface area contributed by atoms with Crippen LogP contribution in [-0.4, -0.2) is 53.9 Å². The molecule has 23 heavy (non-hydrogen) atoms. The van der Waals surface area contributed by atoms with Gasteiger partial charge in [-0.05, 0) is 62.9 Å². The molecule has 3 rings (SSSR count). The van der Waals surface area contributed by atoms with Crippen LogP contribution in [0.15, 0.2) is 18.3 Å². The second-order valence-corrected chi connectivity index (χ2v) is 7.28. The van der Waals surface area contributed by atoms with E-state index < -0.39 is 0 Å². The lowest BCUT2D eigenvalue weighted by atomic mass is 9.91. The number of likely N-dealkylation sites (tertiary alicyclic amines) is 1. The zero-order chi connectivity index (χ0) is 16.2. The third-order valence-electron chi connectivity index (χ3n) is 5.54. The van der Waals surface area contributed by atoms with Crippen molar-refractivity contribution in [3.63, 3.8) is 0 Å². The van der Waals surface area contributed by atoms with Crippen molar-refractivity contribution in [1.82, 2.24) is 14.8 Å². The largest absolute Gasteiger partial charge is 0.337 e. The topological polar surface area (TPSA) is 36.4 Å². The number of hydrogen-bond donors (Lipinski definition) is 0. The molecular formula is C19H29N3O. The van der Waals surface area contributed by atoms with Crippen molar-refractivity contribution in [2.24, 2.45) is 0 Å². The lowest BCUT2D eigenvalue weighted by molar-refractivity contribution is 0.0690. The molecule has 0 aromatic carbocycles. The Morgan fingerprint density at radius 2 is 2.00 bits per heavy atom. The zero-order valence-corrected chi connectivity index (χ0v) is 14.5. The molecule has 0 bridgehead atoms. The molecule has 1 aliphatic carbocycles. The van der Waals surface area contributed by atoms with Gasteiger partial charge in [0.2, 0.25) is 0 Å². The molecule has 0 unspecified atom stereocenters. The molecule has 2 heterocycles. The van der Waals surface area contributed by atoms with Crippen LogP contribution < -0.4 is 0 Å². The first-order valence-electron chi connectivity index (χ1n) is 9.07. The minimum absolute atomic E-state index is 0.0860. The van der Waals surface area contributed by atoms with Crippen LogP contribution in [0.25, 0.3) is 0 Å². The molecule has 1 saturated carbocycles. The summed E-state index contributed by atoms with van der Waals surface area (Å²) in [7, 11) is 4.12. The van der Waals surface area contributed by atoms with Gasteiger partial charge in [-0.2, -0.15) is 0 Å². The standard InChI is InChI=1S/C19H29N3O/c1-21-12-6-7-16(14-21)15-10-11-20-18(13-15)19(23)22(2)17-8-4-3-5-9-17/h10-11,13,16-17H,3-9,12,14H2,1-2H3/t16-/m1/s1. The van der Waals surface area contributed by atoms with E-state index in [1.807, 2.05) is 24.2 Å². The third-order valence-corrected chi connectivity index (χ3v) is 5.54. The van der Waals surface area contributed by atoms with Gasteiger partial charge in [0.05, 0.1) is 0 Å². The predicted molar refractivity (Wildman–Crippen MR) is 92.7 cm³/mol. The van der Waals surface area contributed by atoms with Crippen molar-refractivity contribution in [3.8, 4) is 0 Å². The SMILES string of the molecule is CN1CCC[C@@H](c2ccnc(C(=O)N(C)C3CCCCC3)c2)C1. The molecule has 0 spiro atoms. The summed E-state index contributed by atoms with van der Waals surface area (Å²) in [6.45, 7) is 2.26. The number of pyridine rings is 1. The molecule has 1 amide bonds. The number of hydrogen-bond acceptors (Lipinski definition) is 3. The zero-order valence-electron chi connectivity index (χ0n) is 14.5. The number of nitrogens with zero attached hydrogens (tertiary/aromatic N) is 3. The summed E-state index contributed by atoms with van der Waals surface area (Å²) in [5.74, 6) is 0.617. The molecule has 4 heteroatoms. The van der Waals surface area contributed by atoms with Crippen LogP contribution in [0, 0.1) is 0 Å². The summed E-state index contributed by atoms with van der Waals surface area (Å²) < 4.78 is 0. The lowest BCUT2D eigenvalue weighted by Crippen LogP contribution is -2.38. The van der Waals surface area contributed by atoms with E-state index in [1.165, 1.54) is 44.2 Å². The maximum Gasteiger partial charge on any atom is 0.272 e. The van der Waals surface area contributed by atoms with E-state index in [4.69, 9.17) is 0 Å². The normalized spacial score (nSPS) is 23.7. The maximum absolute atomic E-state index is 12.8. The number of carbonyl (C=O) groups is 1. The molecule has 2 aliphatic rings. The molecule has 126 valence electrons. The third kappa shape index (κ3) is 3.92. The van der Waals surface area contributed by atoms with E-state index in [1.54, 1.807) is 0 Å². The molecule has 0 radical (unpaired) electrons. The number of amides is 1. The van der Waals surface area contributed by atoms with Crippen molar-refractivity contribution in [1.29, 1.82) is 0 Å². The Bertz CT molecular complexity index is 539. The number of carbonyl (C=O) groups excluding carboxylic acids is 1. The van der Waals surface area contributed by atoms with Crippen LogP contribution in [0.3, 0.4) is 0 Å². The van der Waals surface area contributed by atoms with Crippen molar-refractivity contribution < 1.29 is 4.79 Å². The Labute approximate surface area is 139 Å². The van der Waals surface area contributed by atoms with Crippen LogP contribution in [0.1, 0.15) is 66.9 Å². The van der Waals surface area contributed by atoms with Crippen molar-refractivity contribution in [3.05, 3.63) is 29.6 Å². The fourth-order valence-electron chi connectivity index (χ4n) is 4.07. The molecule has 0 N–H and O–H groups in total. The summed E-state index contributed by atoms with van der Waals surface area (Å²) in [5, 5.41) is 0. The molecule has 4 nitrogen and oxygen atoms in total. The Hall–Kier alpha value is -1.42. The van der Waals surface area contributed by atoms with Gasteiger partial charge in [0.15, 0.2) is 0 Å². The highest BCUT2D eigenvalue weighted by molar-refractivity contribution is 5.92. The van der Waals surface area contributed by atoms with Gasteiger partial charge in [-0.1, -0.05) is 19.3 Å². The first-order chi connectivity index (χ1) is 11.1. The fourth-order valence-corrected chi connectivity index (χ4v) is 4.07. The van der Waals surface area contributed by atoms with E-state index in [0.29, 0.717) is 17.7 Å². The first-order valence-corrected chi connectivity index (χ1v) is 9.07. The fraction of sp³-hybridized carbons (Fsp3) is 0.684. The maximum atomic E-state index is 12.8. The summed E-state index contributed by atoms with van der Waals surface area (Å²) in [6, 6.07) is 4.51. The van der Waals surface area contributed by atoms with Gasteiger partial charge in [0, 0.05) is 25.8 Å². The monoisotopic (exact) mass is 315 g/mol. The van der Waals surface area contributed by atoms with E-state index in [2.05, 4.69) is 23.0 Å². The lowest BCUT2D eigenvalue weighted by Gasteiger charge is -2.32. The molecule has 1 atom stereocenters. The number of rotatable bonds is 3. The number of likely N-dealkylation sites (N-methyl/N-ethyl adjacent to an activating group) is 1. The Morgan fingerprint density at radius 1 is 1.22 bits per heavy atom. The molecule has 1 aliphatic heterocycles. The van der Waals surface area contributed by atoms with Crippen LogP contribution in [0.5, 0.6) is 0 Å². The van der Waals surface area contributed by atoms with Crippen molar-refractivity contribution in [2.45, 2.75) is 56.9 Å². The smallest absolute Gasteiger partial charge is 0.272 e. The Kier molecular flexibility index (Phi) is 5.31. The van der Waals surface area contributed by atoms with Gasteiger partial charge in [-0.3, -0.25) is 9.78 Å². The quantitative estimate of drug-likeness (QED) is 0.859. The minimum atomic E-state index is 0.0860. The first kappa shape index (κ1) is 16.4. The van der Waals surface area contributed by atoms with Crippen LogP contribution in [0.2, 0.25) is 0 Å². The molecule has 1 saturated heterocycles. The van der Waals surface area contributed by atoms with E-state index in [9.17, 15) is 4.79 Å².